The first kappa shape index (κ1) is 11.1. The average Bonchev–Trinajstić information content (AvgIpc) is 2.72. The summed E-state index contributed by atoms with van der Waals surface area (Å²) in [6.07, 6.45) is 4.09. The lowest BCUT2D eigenvalue weighted by atomic mass is 9.81. The molecule has 1 aliphatic rings. The molecular formula is C13H13F2N. The van der Waals surface area contributed by atoms with Gasteiger partial charge in [-0.05, 0) is 30.9 Å². The monoisotopic (exact) mass is 221 g/mol. The molecule has 1 nitrogen and oxygen atoms in total. The van der Waals surface area contributed by atoms with Gasteiger partial charge in [-0.25, -0.2) is 8.78 Å². The fourth-order valence-corrected chi connectivity index (χ4v) is 2.41. The van der Waals surface area contributed by atoms with Crippen LogP contribution in [-0.4, -0.2) is 0 Å². The average molecular weight is 221 g/mol. The lowest BCUT2D eigenvalue weighted by molar-refractivity contribution is 0.398. The van der Waals surface area contributed by atoms with Crippen LogP contribution in [0.15, 0.2) is 18.2 Å². The summed E-state index contributed by atoms with van der Waals surface area (Å²) >= 11 is 0. The Balaban J connectivity index is 2.23. The van der Waals surface area contributed by atoms with Gasteiger partial charge in [0.05, 0.1) is 11.5 Å². The third kappa shape index (κ3) is 2.06. The number of nitriles is 1. The molecule has 0 N–H and O–H groups in total. The molecular weight excluding hydrogens is 208 g/mol. The van der Waals surface area contributed by atoms with Crippen LogP contribution in [0.3, 0.4) is 0 Å². The Kier molecular flexibility index (Phi) is 2.91. The van der Waals surface area contributed by atoms with Crippen LogP contribution in [0.25, 0.3) is 0 Å². The highest BCUT2D eigenvalue weighted by molar-refractivity contribution is 5.22. The molecule has 84 valence electrons. The first-order valence-corrected chi connectivity index (χ1v) is 5.50. The SMILES string of the molecule is N#CC1(Cc2ccc(F)cc2F)CCCC1. The minimum atomic E-state index is -0.571. The molecule has 0 saturated heterocycles. The zero-order valence-corrected chi connectivity index (χ0v) is 8.97. The van der Waals surface area contributed by atoms with Gasteiger partial charge < -0.3 is 0 Å². The van der Waals surface area contributed by atoms with Gasteiger partial charge in [-0.15, -0.1) is 0 Å². The van der Waals surface area contributed by atoms with Crippen molar-refractivity contribution in [2.24, 2.45) is 5.41 Å². The number of nitrogens with zero attached hydrogens (tertiary/aromatic N) is 1. The Morgan fingerprint density at radius 2 is 1.94 bits per heavy atom. The van der Waals surface area contributed by atoms with E-state index in [1.807, 2.05) is 0 Å². The van der Waals surface area contributed by atoms with E-state index < -0.39 is 17.0 Å². The van der Waals surface area contributed by atoms with Gasteiger partial charge in [0.1, 0.15) is 11.6 Å². The molecule has 1 aromatic rings. The number of benzene rings is 1. The van der Waals surface area contributed by atoms with Crippen LogP contribution in [0, 0.1) is 28.4 Å². The van der Waals surface area contributed by atoms with Crippen molar-refractivity contribution in [3.63, 3.8) is 0 Å². The summed E-state index contributed by atoms with van der Waals surface area (Å²) in [4.78, 5) is 0. The zero-order chi connectivity index (χ0) is 11.6. The second kappa shape index (κ2) is 4.21. The van der Waals surface area contributed by atoms with Crippen LogP contribution in [-0.2, 0) is 6.42 Å². The summed E-state index contributed by atoms with van der Waals surface area (Å²) < 4.78 is 26.2. The topological polar surface area (TPSA) is 23.8 Å². The fraction of sp³-hybridized carbons (Fsp3) is 0.462. The predicted molar refractivity (Wildman–Crippen MR) is 56.6 cm³/mol. The fourth-order valence-electron chi connectivity index (χ4n) is 2.41. The molecule has 0 radical (unpaired) electrons. The molecule has 1 aliphatic carbocycles. The second-order valence-electron chi connectivity index (χ2n) is 4.51. The van der Waals surface area contributed by atoms with E-state index in [1.54, 1.807) is 0 Å². The molecule has 0 unspecified atom stereocenters. The van der Waals surface area contributed by atoms with Gasteiger partial charge in [-0.1, -0.05) is 18.9 Å². The van der Waals surface area contributed by atoms with Gasteiger partial charge in [-0.3, -0.25) is 0 Å². The summed E-state index contributed by atoms with van der Waals surface area (Å²) in [5.74, 6) is -1.11. The van der Waals surface area contributed by atoms with Crippen LogP contribution in [0.2, 0.25) is 0 Å². The third-order valence-corrected chi connectivity index (χ3v) is 3.34. The van der Waals surface area contributed by atoms with E-state index >= 15 is 0 Å². The highest BCUT2D eigenvalue weighted by atomic mass is 19.1. The summed E-state index contributed by atoms with van der Waals surface area (Å²) in [5.41, 5.74) is 0.0171. The Hall–Kier alpha value is -1.43. The van der Waals surface area contributed by atoms with Gasteiger partial charge >= 0.3 is 0 Å². The van der Waals surface area contributed by atoms with Crippen molar-refractivity contribution in [3.05, 3.63) is 35.4 Å². The number of rotatable bonds is 2. The van der Waals surface area contributed by atoms with Crippen molar-refractivity contribution < 1.29 is 8.78 Å². The van der Waals surface area contributed by atoms with Crippen molar-refractivity contribution in [1.82, 2.24) is 0 Å². The van der Waals surface area contributed by atoms with Crippen LogP contribution < -0.4 is 0 Å². The first-order chi connectivity index (χ1) is 7.65. The maximum Gasteiger partial charge on any atom is 0.129 e. The van der Waals surface area contributed by atoms with E-state index in [-0.39, 0.29) is 0 Å². The lowest BCUT2D eigenvalue weighted by Gasteiger charge is -2.20. The van der Waals surface area contributed by atoms with E-state index in [4.69, 9.17) is 0 Å². The van der Waals surface area contributed by atoms with Crippen molar-refractivity contribution >= 4 is 0 Å². The molecule has 1 fully saturated rings. The molecule has 0 aromatic heterocycles. The molecule has 3 heteroatoms. The third-order valence-electron chi connectivity index (χ3n) is 3.34. The molecule has 0 heterocycles. The summed E-state index contributed by atoms with van der Waals surface area (Å²) in [6, 6.07) is 5.89. The predicted octanol–water partition coefficient (Wildman–Crippen LogP) is 3.59. The van der Waals surface area contributed by atoms with Crippen molar-refractivity contribution in [1.29, 1.82) is 5.26 Å². The van der Waals surface area contributed by atoms with Gasteiger partial charge in [0, 0.05) is 6.07 Å². The van der Waals surface area contributed by atoms with E-state index in [1.165, 1.54) is 12.1 Å². The lowest BCUT2D eigenvalue weighted by Crippen LogP contribution is -2.17. The molecule has 0 amide bonds. The Labute approximate surface area is 93.7 Å². The van der Waals surface area contributed by atoms with Crippen molar-refractivity contribution in [2.45, 2.75) is 32.1 Å². The maximum atomic E-state index is 13.5. The molecule has 1 aromatic carbocycles. The molecule has 0 aliphatic heterocycles. The Morgan fingerprint density at radius 3 is 2.50 bits per heavy atom. The molecule has 0 bridgehead atoms. The zero-order valence-electron chi connectivity index (χ0n) is 8.97. The minimum absolute atomic E-state index is 0.398. The van der Waals surface area contributed by atoms with Crippen LogP contribution >= 0.6 is 0 Å². The Morgan fingerprint density at radius 1 is 1.25 bits per heavy atom. The Bertz CT molecular complexity index is 428. The number of hydrogen-bond donors (Lipinski definition) is 0. The van der Waals surface area contributed by atoms with E-state index in [0.717, 1.165) is 31.7 Å². The summed E-state index contributed by atoms with van der Waals surface area (Å²) in [7, 11) is 0. The van der Waals surface area contributed by atoms with Crippen LogP contribution in [0.1, 0.15) is 31.2 Å². The van der Waals surface area contributed by atoms with Crippen molar-refractivity contribution in [2.75, 3.05) is 0 Å². The van der Waals surface area contributed by atoms with E-state index in [2.05, 4.69) is 6.07 Å². The van der Waals surface area contributed by atoms with Gasteiger partial charge in [0.15, 0.2) is 0 Å². The highest BCUT2D eigenvalue weighted by Crippen LogP contribution is 2.40. The van der Waals surface area contributed by atoms with Gasteiger partial charge in [-0.2, -0.15) is 5.26 Å². The molecule has 0 atom stereocenters. The van der Waals surface area contributed by atoms with Crippen LogP contribution in [0.5, 0.6) is 0 Å². The maximum absolute atomic E-state index is 13.5. The quantitative estimate of drug-likeness (QED) is 0.748. The first-order valence-electron chi connectivity index (χ1n) is 5.50. The molecule has 1 saturated carbocycles. The second-order valence-corrected chi connectivity index (χ2v) is 4.51. The van der Waals surface area contributed by atoms with E-state index in [0.29, 0.717) is 12.0 Å². The summed E-state index contributed by atoms with van der Waals surface area (Å²) in [6.45, 7) is 0. The highest BCUT2D eigenvalue weighted by Gasteiger charge is 2.34. The number of hydrogen-bond acceptors (Lipinski definition) is 1. The minimum Gasteiger partial charge on any atom is -0.207 e. The molecule has 2 rings (SSSR count). The van der Waals surface area contributed by atoms with E-state index in [9.17, 15) is 14.0 Å². The number of halogens is 2. The summed E-state index contributed by atoms with van der Waals surface area (Å²) in [5, 5.41) is 9.18. The van der Waals surface area contributed by atoms with Gasteiger partial charge in [0.2, 0.25) is 0 Å². The normalized spacial score (nSPS) is 18.3. The van der Waals surface area contributed by atoms with Gasteiger partial charge in [0.25, 0.3) is 0 Å². The smallest absolute Gasteiger partial charge is 0.129 e. The molecule has 16 heavy (non-hydrogen) atoms. The standard InChI is InChI=1S/C13H13F2N/c14-11-4-3-10(12(15)7-11)8-13(9-16)5-1-2-6-13/h3-4,7H,1-2,5-6,8H2. The largest absolute Gasteiger partial charge is 0.207 e. The molecule has 0 spiro atoms. The van der Waals surface area contributed by atoms with Crippen LogP contribution in [0.4, 0.5) is 8.78 Å². The van der Waals surface area contributed by atoms with Crippen molar-refractivity contribution in [3.8, 4) is 6.07 Å².